The molecule has 2 rings (SSSR count). The number of hydrogen-bond acceptors (Lipinski definition) is 2. The molecule has 0 unspecified atom stereocenters. The van der Waals surface area contributed by atoms with Crippen molar-refractivity contribution in [1.82, 2.24) is 0 Å². The molecule has 0 heterocycles. The molecule has 3 heteroatoms. The maximum atomic E-state index is 11.0. The van der Waals surface area contributed by atoms with Gasteiger partial charge in [0.05, 0.1) is 0 Å². The molecule has 0 saturated carbocycles. The van der Waals surface area contributed by atoms with Crippen LogP contribution in [0, 0.1) is 5.41 Å². The van der Waals surface area contributed by atoms with Crippen LogP contribution in [0.3, 0.4) is 0 Å². The Bertz CT molecular complexity index is 360. The first kappa shape index (κ1) is 13.8. The Morgan fingerprint density at radius 1 is 1.27 bits per heavy atom. The molecular formula is C12H16ClNO. The van der Waals surface area contributed by atoms with E-state index in [1.165, 1.54) is 6.42 Å². The van der Waals surface area contributed by atoms with Crippen LogP contribution in [0.4, 0.5) is 0 Å². The summed E-state index contributed by atoms with van der Waals surface area (Å²) in [6, 6.07) is 7.47. The second-order valence-electron chi connectivity index (χ2n) is 3.34. The van der Waals surface area contributed by atoms with E-state index in [9.17, 15) is 4.79 Å². The largest absolute Gasteiger partial charge is 0.297 e. The molecule has 0 aromatic heterocycles. The van der Waals surface area contributed by atoms with Crippen LogP contribution in [0.5, 0.6) is 0 Å². The first-order valence-electron chi connectivity index (χ1n) is 4.90. The number of hydrogen-bond donors (Lipinski definition) is 1. The van der Waals surface area contributed by atoms with Crippen molar-refractivity contribution < 1.29 is 4.79 Å². The SMILES string of the molecule is CCC.Cl.N=C1C(=O)Cc2ccccc21. The van der Waals surface area contributed by atoms with E-state index >= 15 is 0 Å². The molecule has 1 aromatic rings. The lowest BCUT2D eigenvalue weighted by atomic mass is 10.1. The molecule has 0 aliphatic heterocycles. The van der Waals surface area contributed by atoms with Crippen molar-refractivity contribution in [3.05, 3.63) is 35.4 Å². The van der Waals surface area contributed by atoms with Crippen molar-refractivity contribution in [2.24, 2.45) is 0 Å². The van der Waals surface area contributed by atoms with Crippen molar-refractivity contribution in [2.45, 2.75) is 26.7 Å². The highest BCUT2D eigenvalue weighted by Gasteiger charge is 2.23. The summed E-state index contributed by atoms with van der Waals surface area (Å²) in [7, 11) is 0. The molecular weight excluding hydrogens is 210 g/mol. The van der Waals surface area contributed by atoms with Crippen LogP contribution in [-0.2, 0) is 11.2 Å². The lowest BCUT2D eigenvalue weighted by Crippen LogP contribution is -2.05. The van der Waals surface area contributed by atoms with E-state index in [1.807, 2.05) is 24.3 Å². The summed E-state index contributed by atoms with van der Waals surface area (Å²) in [6.07, 6.45) is 1.66. The highest BCUT2D eigenvalue weighted by Crippen LogP contribution is 2.18. The summed E-state index contributed by atoms with van der Waals surface area (Å²) in [6.45, 7) is 4.25. The third-order valence-electron chi connectivity index (χ3n) is 1.92. The Hall–Kier alpha value is -1.15. The van der Waals surface area contributed by atoms with Crippen LogP contribution in [-0.4, -0.2) is 11.5 Å². The van der Waals surface area contributed by atoms with Gasteiger partial charge < -0.3 is 0 Å². The predicted molar refractivity (Wildman–Crippen MR) is 65.2 cm³/mol. The molecule has 0 amide bonds. The van der Waals surface area contributed by atoms with Gasteiger partial charge in [-0.1, -0.05) is 44.5 Å². The van der Waals surface area contributed by atoms with E-state index in [4.69, 9.17) is 5.41 Å². The topological polar surface area (TPSA) is 40.9 Å². The van der Waals surface area contributed by atoms with Crippen molar-refractivity contribution >= 4 is 23.9 Å². The maximum absolute atomic E-state index is 11.0. The summed E-state index contributed by atoms with van der Waals surface area (Å²) >= 11 is 0. The summed E-state index contributed by atoms with van der Waals surface area (Å²) in [4.78, 5) is 11.0. The van der Waals surface area contributed by atoms with Crippen LogP contribution >= 0.6 is 12.4 Å². The second kappa shape index (κ2) is 6.36. The molecule has 1 aliphatic carbocycles. The highest BCUT2D eigenvalue weighted by atomic mass is 35.5. The van der Waals surface area contributed by atoms with Crippen molar-refractivity contribution in [2.75, 3.05) is 0 Å². The zero-order chi connectivity index (χ0) is 10.6. The molecule has 0 atom stereocenters. The van der Waals surface area contributed by atoms with Gasteiger partial charge in [-0.15, -0.1) is 12.4 Å². The number of fused-ring (bicyclic) bond motifs is 1. The number of Topliss-reactive ketones (excluding diaryl/α,β-unsaturated/α-hetero) is 1. The van der Waals surface area contributed by atoms with Crippen LogP contribution in [0.2, 0.25) is 0 Å². The number of carbonyl (C=O) groups is 1. The van der Waals surface area contributed by atoms with Crippen LogP contribution in [0.15, 0.2) is 24.3 Å². The van der Waals surface area contributed by atoms with Gasteiger partial charge >= 0.3 is 0 Å². The molecule has 0 fully saturated rings. The van der Waals surface area contributed by atoms with Crippen molar-refractivity contribution in [1.29, 1.82) is 5.41 Å². The molecule has 1 N–H and O–H groups in total. The summed E-state index contributed by atoms with van der Waals surface area (Å²) in [5.74, 6) is -0.0637. The molecule has 1 aromatic carbocycles. The summed E-state index contributed by atoms with van der Waals surface area (Å²) in [5.41, 5.74) is 1.96. The molecule has 0 spiro atoms. The molecule has 0 radical (unpaired) electrons. The smallest absolute Gasteiger partial charge is 0.185 e. The average molecular weight is 226 g/mol. The van der Waals surface area contributed by atoms with Crippen LogP contribution in [0.1, 0.15) is 31.4 Å². The number of rotatable bonds is 0. The molecule has 0 bridgehead atoms. The van der Waals surface area contributed by atoms with Gasteiger partial charge in [0, 0.05) is 12.0 Å². The highest BCUT2D eigenvalue weighted by molar-refractivity contribution is 6.48. The molecule has 1 aliphatic rings. The lowest BCUT2D eigenvalue weighted by Gasteiger charge is -1.92. The van der Waals surface area contributed by atoms with E-state index in [2.05, 4.69) is 13.8 Å². The molecule has 82 valence electrons. The molecule has 2 nitrogen and oxygen atoms in total. The van der Waals surface area contributed by atoms with Crippen LogP contribution in [0.25, 0.3) is 0 Å². The predicted octanol–water partition coefficient (Wildman–Crippen LogP) is 3.02. The molecule has 15 heavy (non-hydrogen) atoms. The Morgan fingerprint density at radius 3 is 2.33 bits per heavy atom. The van der Waals surface area contributed by atoms with Gasteiger partial charge in [0.2, 0.25) is 0 Å². The van der Waals surface area contributed by atoms with E-state index in [0.29, 0.717) is 6.42 Å². The van der Waals surface area contributed by atoms with Crippen molar-refractivity contribution in [3.63, 3.8) is 0 Å². The third kappa shape index (κ3) is 3.17. The Kier molecular flexibility index (Phi) is 5.87. The van der Waals surface area contributed by atoms with E-state index in [-0.39, 0.29) is 23.9 Å². The standard InChI is InChI=1S/C9H7NO.C3H8.ClH/c10-9-7-4-2-1-3-6(7)5-8(9)11;1-3-2;/h1-4,10H,5H2;3H2,1-2H3;1H. The second-order valence-corrected chi connectivity index (χ2v) is 3.34. The number of halogens is 1. The fourth-order valence-electron chi connectivity index (χ4n) is 1.33. The van der Waals surface area contributed by atoms with Gasteiger partial charge in [-0.25, -0.2) is 0 Å². The van der Waals surface area contributed by atoms with Gasteiger partial charge in [0.15, 0.2) is 5.78 Å². The maximum Gasteiger partial charge on any atom is 0.185 e. The van der Waals surface area contributed by atoms with Gasteiger partial charge in [0.25, 0.3) is 0 Å². The van der Waals surface area contributed by atoms with Gasteiger partial charge in [-0.05, 0) is 5.56 Å². The first-order chi connectivity index (χ1) is 6.70. The number of benzene rings is 1. The minimum Gasteiger partial charge on any atom is -0.297 e. The molecule has 0 saturated heterocycles. The summed E-state index contributed by atoms with van der Waals surface area (Å²) < 4.78 is 0. The first-order valence-corrected chi connectivity index (χ1v) is 4.90. The fourth-order valence-corrected chi connectivity index (χ4v) is 1.33. The lowest BCUT2D eigenvalue weighted by molar-refractivity contribution is -0.112. The van der Waals surface area contributed by atoms with E-state index < -0.39 is 0 Å². The van der Waals surface area contributed by atoms with Crippen molar-refractivity contribution in [3.8, 4) is 0 Å². The van der Waals surface area contributed by atoms with E-state index in [1.54, 1.807) is 0 Å². The minimum atomic E-state index is -0.0637. The number of nitrogens with one attached hydrogen (secondary N) is 1. The zero-order valence-corrected chi connectivity index (χ0v) is 9.86. The van der Waals surface area contributed by atoms with Crippen LogP contribution < -0.4 is 0 Å². The Morgan fingerprint density at radius 2 is 1.80 bits per heavy atom. The monoisotopic (exact) mass is 225 g/mol. The van der Waals surface area contributed by atoms with Gasteiger partial charge in [-0.2, -0.15) is 0 Å². The Labute approximate surface area is 96.6 Å². The quantitative estimate of drug-likeness (QED) is 0.725. The van der Waals surface area contributed by atoms with E-state index in [0.717, 1.165) is 11.1 Å². The van der Waals surface area contributed by atoms with Gasteiger partial charge in [-0.3, -0.25) is 10.2 Å². The van der Waals surface area contributed by atoms with Gasteiger partial charge in [0.1, 0.15) is 5.71 Å². The fraction of sp³-hybridized carbons (Fsp3) is 0.333. The average Bonchev–Trinajstić information content (AvgIpc) is 2.45. The Balaban J connectivity index is 0.000000443. The normalized spacial score (nSPS) is 12.4. The number of ketones is 1. The zero-order valence-electron chi connectivity index (χ0n) is 9.04. The number of carbonyl (C=O) groups excluding carboxylic acids is 1. The summed E-state index contributed by atoms with van der Waals surface area (Å²) in [5, 5.41) is 7.39. The minimum absolute atomic E-state index is 0. The third-order valence-corrected chi connectivity index (χ3v) is 1.92.